The van der Waals surface area contributed by atoms with Gasteiger partial charge in [0.15, 0.2) is 6.07 Å². The van der Waals surface area contributed by atoms with Gasteiger partial charge in [-0.2, -0.15) is 0 Å². The van der Waals surface area contributed by atoms with E-state index in [-0.39, 0.29) is 18.0 Å². The first-order chi connectivity index (χ1) is 6.33. The molecular formula is C10H9ClO2. The number of carbonyl (C=O) groups excluding carboxylic acids is 1. The molecule has 0 aliphatic heterocycles. The molecule has 1 aromatic carbocycles. The largest absolute Gasteiger partial charge is 0.449 e. The second-order valence-corrected chi connectivity index (χ2v) is 3.25. The molecule has 1 aliphatic carbocycles. The Morgan fingerprint density at radius 3 is 3.00 bits per heavy atom. The van der Waals surface area contributed by atoms with Crippen molar-refractivity contribution >= 4 is 17.6 Å². The number of carbonyl (C=O) groups is 1. The van der Waals surface area contributed by atoms with E-state index in [1.807, 2.05) is 24.3 Å². The Bertz CT molecular complexity index is 335. The number of alkyl halides is 1. The first kappa shape index (κ1) is 8.57. The van der Waals surface area contributed by atoms with Gasteiger partial charge in [-0.3, -0.25) is 4.79 Å². The third kappa shape index (κ3) is 1.42. The minimum absolute atomic E-state index is 0.0580. The fourth-order valence-corrected chi connectivity index (χ4v) is 1.73. The highest BCUT2D eigenvalue weighted by Crippen LogP contribution is 2.35. The zero-order chi connectivity index (χ0) is 9.26. The Hall–Kier alpha value is -1.02. The maximum absolute atomic E-state index is 11.3. The average molecular weight is 197 g/mol. The van der Waals surface area contributed by atoms with Crippen molar-refractivity contribution in [3.05, 3.63) is 35.4 Å². The summed E-state index contributed by atoms with van der Waals surface area (Å²) in [6, 6.07) is 7.83. The van der Waals surface area contributed by atoms with E-state index in [1.54, 1.807) is 0 Å². The smallest absolute Gasteiger partial charge is 0.314 e. The van der Waals surface area contributed by atoms with E-state index in [9.17, 15) is 4.79 Å². The van der Waals surface area contributed by atoms with Crippen LogP contribution in [-0.2, 0) is 16.0 Å². The molecule has 0 aromatic heterocycles. The Morgan fingerprint density at radius 2 is 2.31 bits per heavy atom. The van der Waals surface area contributed by atoms with Gasteiger partial charge in [0.1, 0.15) is 0 Å². The van der Waals surface area contributed by atoms with Gasteiger partial charge in [0, 0.05) is 0 Å². The molecule has 2 nitrogen and oxygen atoms in total. The van der Waals surface area contributed by atoms with Crippen molar-refractivity contribution in [3.63, 3.8) is 0 Å². The molecule has 0 N–H and O–H groups in total. The molecule has 1 atom stereocenters. The number of ether oxygens (including phenoxy) is 1. The van der Waals surface area contributed by atoms with Gasteiger partial charge in [0.2, 0.25) is 0 Å². The number of fused-ring (bicyclic) bond motifs is 1. The van der Waals surface area contributed by atoms with Crippen LogP contribution in [0.2, 0.25) is 0 Å². The van der Waals surface area contributed by atoms with Crippen LogP contribution < -0.4 is 0 Å². The molecule has 0 radical (unpaired) electrons. The van der Waals surface area contributed by atoms with Gasteiger partial charge >= 0.3 is 5.97 Å². The standard InChI is InChI=1S/C10H9ClO2/c11-6-13-10(12)9-5-7-3-1-2-4-8(7)9/h1-4,9H,5-6H2. The van der Waals surface area contributed by atoms with E-state index >= 15 is 0 Å². The van der Waals surface area contributed by atoms with Crippen molar-refractivity contribution in [2.24, 2.45) is 0 Å². The third-order valence-corrected chi connectivity index (χ3v) is 2.44. The molecule has 0 bridgehead atoms. The Balaban J connectivity index is 2.13. The molecule has 3 heteroatoms. The number of hydrogen-bond acceptors (Lipinski definition) is 2. The zero-order valence-corrected chi connectivity index (χ0v) is 7.75. The maximum atomic E-state index is 11.3. The van der Waals surface area contributed by atoms with Crippen molar-refractivity contribution in [3.8, 4) is 0 Å². The van der Waals surface area contributed by atoms with Gasteiger partial charge in [-0.15, -0.1) is 0 Å². The maximum Gasteiger partial charge on any atom is 0.314 e. The molecule has 0 heterocycles. The van der Waals surface area contributed by atoms with Gasteiger partial charge in [0.25, 0.3) is 0 Å². The quantitative estimate of drug-likeness (QED) is 0.535. The predicted molar refractivity (Wildman–Crippen MR) is 49.7 cm³/mol. The molecule has 2 rings (SSSR count). The van der Waals surface area contributed by atoms with Crippen molar-refractivity contribution < 1.29 is 9.53 Å². The second kappa shape index (κ2) is 3.38. The predicted octanol–water partition coefficient (Wildman–Crippen LogP) is 2.07. The summed E-state index contributed by atoms with van der Waals surface area (Å²) in [5.41, 5.74) is 2.32. The normalized spacial score (nSPS) is 18.7. The Morgan fingerprint density at radius 1 is 1.54 bits per heavy atom. The van der Waals surface area contributed by atoms with Gasteiger partial charge in [-0.25, -0.2) is 0 Å². The molecule has 13 heavy (non-hydrogen) atoms. The first-order valence-electron chi connectivity index (χ1n) is 4.13. The van der Waals surface area contributed by atoms with Crippen LogP contribution in [0.15, 0.2) is 24.3 Å². The lowest BCUT2D eigenvalue weighted by molar-refractivity contribution is -0.144. The third-order valence-electron chi connectivity index (χ3n) is 2.34. The zero-order valence-electron chi connectivity index (χ0n) is 7.00. The highest BCUT2D eigenvalue weighted by Gasteiger charge is 2.32. The van der Waals surface area contributed by atoms with E-state index in [2.05, 4.69) is 0 Å². The summed E-state index contributed by atoms with van der Waals surface area (Å²) in [4.78, 5) is 11.3. The van der Waals surface area contributed by atoms with Gasteiger partial charge in [-0.1, -0.05) is 35.9 Å². The van der Waals surface area contributed by atoms with Crippen LogP contribution in [0, 0.1) is 0 Å². The number of halogens is 1. The van der Waals surface area contributed by atoms with Gasteiger partial charge in [0.05, 0.1) is 5.92 Å². The lowest BCUT2D eigenvalue weighted by Gasteiger charge is -2.27. The lowest BCUT2D eigenvalue weighted by Crippen LogP contribution is -2.26. The molecule has 1 aromatic rings. The molecule has 0 amide bonds. The van der Waals surface area contributed by atoms with Crippen LogP contribution >= 0.6 is 11.6 Å². The van der Waals surface area contributed by atoms with Crippen LogP contribution in [0.3, 0.4) is 0 Å². The topological polar surface area (TPSA) is 26.3 Å². The molecule has 0 fully saturated rings. The minimum atomic E-state index is -0.214. The first-order valence-corrected chi connectivity index (χ1v) is 4.67. The monoisotopic (exact) mass is 196 g/mol. The number of rotatable bonds is 2. The van der Waals surface area contributed by atoms with Crippen LogP contribution in [0.1, 0.15) is 17.0 Å². The number of hydrogen-bond donors (Lipinski definition) is 0. The van der Waals surface area contributed by atoms with Crippen molar-refractivity contribution in [2.45, 2.75) is 12.3 Å². The van der Waals surface area contributed by atoms with Crippen molar-refractivity contribution in [2.75, 3.05) is 6.07 Å². The van der Waals surface area contributed by atoms with Crippen LogP contribution in [0.25, 0.3) is 0 Å². The summed E-state index contributed by atoms with van der Waals surface area (Å²) >= 11 is 5.31. The van der Waals surface area contributed by atoms with Gasteiger partial charge < -0.3 is 4.74 Å². The van der Waals surface area contributed by atoms with E-state index in [0.717, 1.165) is 12.0 Å². The molecule has 0 saturated carbocycles. The molecule has 0 saturated heterocycles. The summed E-state index contributed by atoms with van der Waals surface area (Å²) < 4.78 is 4.73. The number of benzene rings is 1. The minimum Gasteiger partial charge on any atom is -0.449 e. The SMILES string of the molecule is O=C(OCCl)C1Cc2ccccc21. The van der Waals surface area contributed by atoms with Crippen LogP contribution in [-0.4, -0.2) is 12.0 Å². The molecule has 1 aliphatic rings. The van der Waals surface area contributed by atoms with Crippen molar-refractivity contribution in [1.82, 2.24) is 0 Å². The second-order valence-electron chi connectivity index (χ2n) is 3.03. The fourth-order valence-electron chi connectivity index (χ4n) is 1.62. The van der Waals surface area contributed by atoms with Crippen LogP contribution in [0.5, 0.6) is 0 Å². The Labute approximate surface area is 81.5 Å². The number of esters is 1. The highest BCUT2D eigenvalue weighted by atomic mass is 35.5. The summed E-state index contributed by atoms with van der Waals surface area (Å²) in [5, 5.41) is 0. The van der Waals surface area contributed by atoms with E-state index in [1.165, 1.54) is 5.56 Å². The summed E-state index contributed by atoms with van der Waals surface area (Å²) in [5.74, 6) is -0.302. The fraction of sp³-hybridized carbons (Fsp3) is 0.300. The summed E-state index contributed by atoms with van der Waals surface area (Å²) in [6.07, 6.45) is 0.784. The van der Waals surface area contributed by atoms with E-state index in [4.69, 9.17) is 16.3 Å². The molecule has 1 unspecified atom stereocenters. The molecule has 68 valence electrons. The lowest BCUT2D eigenvalue weighted by atomic mass is 9.78. The Kier molecular flexibility index (Phi) is 2.23. The van der Waals surface area contributed by atoms with Gasteiger partial charge in [-0.05, 0) is 17.5 Å². The van der Waals surface area contributed by atoms with Crippen LogP contribution in [0.4, 0.5) is 0 Å². The molecular weight excluding hydrogens is 188 g/mol. The highest BCUT2D eigenvalue weighted by molar-refractivity contribution is 6.17. The van der Waals surface area contributed by atoms with E-state index < -0.39 is 0 Å². The summed E-state index contributed by atoms with van der Waals surface area (Å²) in [6.45, 7) is 0. The van der Waals surface area contributed by atoms with Crippen molar-refractivity contribution in [1.29, 1.82) is 0 Å². The average Bonchev–Trinajstić information content (AvgIpc) is 2.07. The van der Waals surface area contributed by atoms with E-state index in [0.29, 0.717) is 0 Å². The summed E-state index contributed by atoms with van der Waals surface area (Å²) in [7, 11) is 0. The molecule has 0 spiro atoms.